The van der Waals surface area contributed by atoms with Crippen molar-refractivity contribution in [3.63, 3.8) is 0 Å². The number of rotatable bonds is 1. The average molecular weight is 270 g/mol. The van der Waals surface area contributed by atoms with E-state index in [0.717, 1.165) is 18.3 Å². The van der Waals surface area contributed by atoms with E-state index >= 15 is 0 Å². The summed E-state index contributed by atoms with van der Waals surface area (Å²) >= 11 is 0. The van der Waals surface area contributed by atoms with Crippen LogP contribution in [0.1, 0.15) is 0 Å². The largest absolute Gasteiger partial charge is 0.493 e. The van der Waals surface area contributed by atoms with Crippen LogP contribution in [-0.2, 0) is 0 Å². The fourth-order valence-electron chi connectivity index (χ4n) is 1.47. The van der Waals surface area contributed by atoms with Gasteiger partial charge in [0.1, 0.15) is 0 Å². The molecule has 0 aliphatic heterocycles. The summed E-state index contributed by atoms with van der Waals surface area (Å²) < 4.78 is 39.5. The number of aromatic nitrogens is 2. The van der Waals surface area contributed by atoms with Crippen molar-refractivity contribution in [1.29, 1.82) is 0 Å². The van der Waals surface area contributed by atoms with E-state index in [9.17, 15) is 18.0 Å². The third-order valence-electron chi connectivity index (χ3n) is 2.30. The van der Waals surface area contributed by atoms with Gasteiger partial charge in [-0.2, -0.15) is 9.78 Å². The lowest BCUT2D eigenvalue weighted by atomic mass is 10.2. The van der Waals surface area contributed by atoms with Crippen molar-refractivity contribution in [2.24, 2.45) is 0 Å². The van der Waals surface area contributed by atoms with Gasteiger partial charge < -0.3 is 5.73 Å². The molecule has 0 spiro atoms. The van der Waals surface area contributed by atoms with E-state index in [2.05, 4.69) is 5.10 Å². The smallest absolute Gasteiger partial charge is 0.399 e. The molecule has 0 unspecified atom stereocenters. The Hall–Kier alpha value is -2.51. The van der Waals surface area contributed by atoms with Crippen LogP contribution in [0.15, 0.2) is 42.7 Å². The maximum atomic E-state index is 13.0. The van der Waals surface area contributed by atoms with E-state index in [0.29, 0.717) is 10.4 Å². The highest BCUT2D eigenvalue weighted by molar-refractivity contribution is 5.93. The van der Waals surface area contributed by atoms with Crippen molar-refractivity contribution >= 4 is 17.4 Å². The summed E-state index contributed by atoms with van der Waals surface area (Å²) in [5, 5.41) is 3.49. The molecule has 2 aromatic rings. The minimum atomic E-state index is -4.86. The second-order valence-corrected chi connectivity index (χ2v) is 3.63. The van der Waals surface area contributed by atoms with E-state index in [-0.39, 0.29) is 10.6 Å². The van der Waals surface area contributed by atoms with Gasteiger partial charge in [0.2, 0.25) is 0 Å². The minimum Gasteiger partial charge on any atom is -0.399 e. The number of nitrogens with two attached hydrogens (primary N) is 1. The van der Waals surface area contributed by atoms with Crippen LogP contribution in [0.2, 0.25) is 0 Å². The Bertz CT molecular complexity index is 563. The number of anilines is 2. The monoisotopic (exact) mass is 270 g/mol. The Morgan fingerprint density at radius 2 is 1.89 bits per heavy atom. The predicted octanol–water partition coefficient (Wildman–Crippen LogP) is 2.46. The lowest BCUT2D eigenvalue weighted by Crippen LogP contribution is -2.45. The highest BCUT2D eigenvalue weighted by atomic mass is 19.4. The fraction of sp³-hybridized carbons (Fsp3) is 0.0909. The quantitative estimate of drug-likeness (QED) is 0.639. The van der Waals surface area contributed by atoms with Crippen LogP contribution in [0.5, 0.6) is 0 Å². The van der Waals surface area contributed by atoms with Crippen molar-refractivity contribution in [1.82, 2.24) is 9.78 Å². The van der Waals surface area contributed by atoms with E-state index in [1.54, 1.807) is 0 Å². The molecule has 0 aliphatic rings. The molecule has 0 saturated heterocycles. The molecule has 5 nitrogen and oxygen atoms in total. The van der Waals surface area contributed by atoms with Crippen LogP contribution in [0.4, 0.5) is 29.3 Å². The molecule has 1 heterocycles. The van der Waals surface area contributed by atoms with Gasteiger partial charge in [-0.15, -0.1) is 13.2 Å². The topological polar surface area (TPSA) is 64.2 Å². The van der Waals surface area contributed by atoms with Crippen LogP contribution in [0, 0.1) is 0 Å². The van der Waals surface area contributed by atoms with Crippen LogP contribution in [-0.4, -0.2) is 22.1 Å². The summed E-state index contributed by atoms with van der Waals surface area (Å²) in [7, 11) is 0. The van der Waals surface area contributed by atoms with Crippen LogP contribution >= 0.6 is 0 Å². The fourth-order valence-corrected chi connectivity index (χ4v) is 1.47. The number of nitrogen functional groups attached to an aromatic ring is 1. The van der Waals surface area contributed by atoms with Gasteiger partial charge in [0.15, 0.2) is 0 Å². The number of amides is 1. The molecule has 1 amide bonds. The molecule has 1 aromatic heterocycles. The molecule has 19 heavy (non-hydrogen) atoms. The van der Waals surface area contributed by atoms with Gasteiger partial charge >= 0.3 is 12.3 Å². The molecule has 2 rings (SSSR count). The first-order valence-corrected chi connectivity index (χ1v) is 5.16. The number of carbonyl (C=O) groups excluding carboxylic acids is 1. The molecule has 0 aliphatic carbocycles. The summed E-state index contributed by atoms with van der Waals surface area (Å²) in [6.07, 6.45) is -2.51. The number of alkyl halides is 3. The molecular formula is C11H9F3N4O. The zero-order chi connectivity index (χ0) is 14.0. The number of nitrogens with zero attached hydrogens (tertiary/aromatic N) is 3. The zero-order valence-electron chi connectivity index (χ0n) is 9.50. The van der Waals surface area contributed by atoms with Gasteiger partial charge in [0.25, 0.3) is 0 Å². The summed E-state index contributed by atoms with van der Waals surface area (Å²) in [6, 6.07) is 4.83. The maximum absolute atomic E-state index is 13.0. The first-order chi connectivity index (χ1) is 8.89. The Morgan fingerprint density at radius 1 is 1.26 bits per heavy atom. The van der Waals surface area contributed by atoms with Gasteiger partial charge in [-0.05, 0) is 30.3 Å². The highest BCUT2D eigenvalue weighted by Gasteiger charge is 2.43. The highest BCUT2D eigenvalue weighted by Crippen LogP contribution is 2.29. The third-order valence-corrected chi connectivity index (χ3v) is 2.30. The maximum Gasteiger partial charge on any atom is 0.493 e. The molecule has 8 heteroatoms. The van der Waals surface area contributed by atoms with Crippen molar-refractivity contribution in [3.8, 4) is 0 Å². The lowest BCUT2D eigenvalue weighted by molar-refractivity contribution is -0.121. The number of hydrogen-bond donors (Lipinski definition) is 1. The summed E-state index contributed by atoms with van der Waals surface area (Å²) in [5.41, 5.74) is 5.38. The first-order valence-electron chi connectivity index (χ1n) is 5.16. The molecule has 0 bridgehead atoms. The molecule has 1 aromatic carbocycles. The average Bonchev–Trinajstić information content (AvgIpc) is 2.83. The summed E-state index contributed by atoms with van der Waals surface area (Å²) in [6.45, 7) is 0. The lowest BCUT2D eigenvalue weighted by Gasteiger charge is -2.24. The van der Waals surface area contributed by atoms with Gasteiger partial charge in [0.05, 0.1) is 5.69 Å². The van der Waals surface area contributed by atoms with Crippen molar-refractivity contribution in [2.75, 3.05) is 10.6 Å². The first kappa shape index (κ1) is 12.9. The van der Waals surface area contributed by atoms with Gasteiger partial charge in [0, 0.05) is 18.1 Å². The Balaban J connectivity index is 2.42. The van der Waals surface area contributed by atoms with E-state index in [1.165, 1.54) is 24.4 Å². The molecule has 100 valence electrons. The normalized spacial score (nSPS) is 11.3. The predicted molar refractivity (Wildman–Crippen MR) is 62.4 cm³/mol. The third kappa shape index (κ3) is 2.67. The number of hydrogen-bond acceptors (Lipinski definition) is 3. The van der Waals surface area contributed by atoms with Gasteiger partial charge in [-0.25, -0.2) is 9.69 Å². The SMILES string of the molecule is Nc1ccc(N(C(=O)n2cccn2)C(F)(F)F)cc1. The number of halogens is 3. The number of carbonyl (C=O) groups is 1. The Kier molecular flexibility index (Phi) is 3.16. The van der Waals surface area contributed by atoms with Gasteiger partial charge in [-0.1, -0.05) is 0 Å². The zero-order valence-corrected chi connectivity index (χ0v) is 9.50. The number of benzene rings is 1. The van der Waals surface area contributed by atoms with Crippen molar-refractivity contribution in [2.45, 2.75) is 6.30 Å². The van der Waals surface area contributed by atoms with E-state index in [1.807, 2.05) is 0 Å². The molecule has 0 atom stereocenters. The Labute approximate surface area is 106 Å². The molecule has 0 saturated carbocycles. The van der Waals surface area contributed by atoms with Crippen LogP contribution in [0.25, 0.3) is 0 Å². The molecule has 0 fully saturated rings. The second kappa shape index (κ2) is 4.63. The van der Waals surface area contributed by atoms with Crippen LogP contribution < -0.4 is 10.6 Å². The van der Waals surface area contributed by atoms with Gasteiger partial charge in [-0.3, -0.25) is 0 Å². The summed E-state index contributed by atoms with van der Waals surface area (Å²) in [4.78, 5) is 11.5. The second-order valence-electron chi connectivity index (χ2n) is 3.63. The molecule has 2 N–H and O–H groups in total. The minimum absolute atomic E-state index is 0.303. The van der Waals surface area contributed by atoms with Crippen molar-refractivity contribution in [3.05, 3.63) is 42.7 Å². The van der Waals surface area contributed by atoms with E-state index in [4.69, 9.17) is 5.73 Å². The Morgan fingerprint density at radius 3 is 2.37 bits per heavy atom. The van der Waals surface area contributed by atoms with E-state index < -0.39 is 12.3 Å². The van der Waals surface area contributed by atoms with Crippen molar-refractivity contribution < 1.29 is 18.0 Å². The standard InChI is InChI=1S/C11H9F3N4O/c12-11(13,14)18(9-4-2-8(15)3-5-9)10(19)17-7-1-6-16-17/h1-7H,15H2. The molecule has 0 radical (unpaired) electrons. The molecular weight excluding hydrogens is 261 g/mol. The summed E-state index contributed by atoms with van der Waals surface area (Å²) in [5.74, 6) is 0. The van der Waals surface area contributed by atoms with Crippen LogP contribution in [0.3, 0.4) is 0 Å².